The molecule has 0 spiro atoms. The van der Waals surface area contributed by atoms with Gasteiger partial charge in [-0.05, 0) is 19.3 Å². The molecule has 1 aliphatic heterocycles. The standard InChI is InChI=1S/C7H11O2/c8-7(3-1-4-7)6-2-5-9-6/h8H,1-5H2. The Kier molecular flexibility index (Phi) is 1.08. The van der Waals surface area contributed by atoms with Crippen molar-refractivity contribution in [3.8, 4) is 0 Å². The zero-order valence-electron chi connectivity index (χ0n) is 5.39. The molecule has 2 nitrogen and oxygen atoms in total. The summed E-state index contributed by atoms with van der Waals surface area (Å²) in [7, 11) is 0. The highest BCUT2D eigenvalue weighted by Crippen LogP contribution is 2.45. The summed E-state index contributed by atoms with van der Waals surface area (Å²) in [4.78, 5) is 0. The van der Waals surface area contributed by atoms with E-state index >= 15 is 0 Å². The lowest BCUT2D eigenvalue weighted by atomic mass is 9.74. The minimum absolute atomic E-state index is 0.488. The van der Waals surface area contributed by atoms with E-state index in [9.17, 15) is 5.11 Å². The van der Waals surface area contributed by atoms with Crippen molar-refractivity contribution in [2.75, 3.05) is 6.61 Å². The first-order valence-electron chi connectivity index (χ1n) is 3.53. The zero-order chi connectivity index (χ0) is 6.32. The number of rotatable bonds is 1. The predicted molar refractivity (Wildman–Crippen MR) is 32.6 cm³/mol. The molecule has 0 aromatic carbocycles. The summed E-state index contributed by atoms with van der Waals surface area (Å²) in [5, 5.41) is 9.57. The molecule has 2 fully saturated rings. The zero-order valence-corrected chi connectivity index (χ0v) is 5.39. The van der Waals surface area contributed by atoms with Crippen molar-refractivity contribution < 1.29 is 9.84 Å². The van der Waals surface area contributed by atoms with Crippen molar-refractivity contribution in [3.05, 3.63) is 6.10 Å². The number of ether oxygens (including phenoxy) is 1. The average Bonchev–Trinajstić information content (AvgIpc) is 1.56. The monoisotopic (exact) mass is 127 g/mol. The summed E-state index contributed by atoms with van der Waals surface area (Å²) >= 11 is 0. The van der Waals surface area contributed by atoms with Crippen LogP contribution in [0.5, 0.6) is 0 Å². The fourth-order valence-corrected chi connectivity index (χ4v) is 1.36. The van der Waals surface area contributed by atoms with Gasteiger partial charge >= 0.3 is 0 Å². The second-order valence-electron chi connectivity index (χ2n) is 2.91. The normalized spacial score (nSPS) is 33.0. The summed E-state index contributed by atoms with van der Waals surface area (Å²) in [6.45, 7) is 0.817. The van der Waals surface area contributed by atoms with Crippen molar-refractivity contribution in [1.82, 2.24) is 0 Å². The number of hydrogen-bond donors (Lipinski definition) is 1. The summed E-state index contributed by atoms with van der Waals surface area (Å²) < 4.78 is 5.10. The molecular weight excluding hydrogens is 116 g/mol. The van der Waals surface area contributed by atoms with E-state index in [1.54, 1.807) is 0 Å². The SMILES string of the molecule is OC1([C]2CCO2)CCC1. The Balaban J connectivity index is 1.94. The van der Waals surface area contributed by atoms with Crippen molar-refractivity contribution in [1.29, 1.82) is 0 Å². The minimum atomic E-state index is -0.488. The van der Waals surface area contributed by atoms with Crippen molar-refractivity contribution >= 4 is 0 Å². The Morgan fingerprint density at radius 1 is 1.44 bits per heavy atom. The first-order chi connectivity index (χ1) is 4.31. The highest BCUT2D eigenvalue weighted by atomic mass is 16.5. The number of aliphatic hydroxyl groups is 1. The molecule has 0 amide bonds. The Labute approximate surface area is 54.8 Å². The summed E-state index contributed by atoms with van der Waals surface area (Å²) in [5.74, 6) is 0. The molecular formula is C7H11O2. The molecule has 0 aromatic heterocycles. The largest absolute Gasteiger partial charge is 0.387 e. The second kappa shape index (κ2) is 1.70. The van der Waals surface area contributed by atoms with Crippen molar-refractivity contribution in [2.24, 2.45) is 0 Å². The lowest BCUT2D eigenvalue weighted by Crippen LogP contribution is -2.48. The first-order valence-corrected chi connectivity index (χ1v) is 3.53. The Morgan fingerprint density at radius 2 is 2.11 bits per heavy atom. The van der Waals surface area contributed by atoms with Crippen LogP contribution in [0.2, 0.25) is 0 Å². The topological polar surface area (TPSA) is 29.5 Å². The fraction of sp³-hybridized carbons (Fsp3) is 0.857. The third-order valence-electron chi connectivity index (χ3n) is 2.31. The van der Waals surface area contributed by atoms with E-state index < -0.39 is 5.60 Å². The molecule has 9 heavy (non-hydrogen) atoms. The van der Waals surface area contributed by atoms with E-state index in [0.29, 0.717) is 0 Å². The number of hydrogen-bond acceptors (Lipinski definition) is 2. The van der Waals surface area contributed by atoms with Crippen LogP contribution in [0, 0.1) is 6.10 Å². The molecule has 1 aliphatic carbocycles. The second-order valence-corrected chi connectivity index (χ2v) is 2.91. The third kappa shape index (κ3) is 0.700. The van der Waals surface area contributed by atoms with Crippen LogP contribution in [0.25, 0.3) is 0 Å². The average molecular weight is 127 g/mol. The van der Waals surface area contributed by atoms with Crippen molar-refractivity contribution in [3.63, 3.8) is 0 Å². The summed E-state index contributed by atoms with van der Waals surface area (Å²) in [6.07, 6.45) is 4.92. The van der Waals surface area contributed by atoms with E-state index in [1.807, 2.05) is 0 Å². The van der Waals surface area contributed by atoms with Crippen LogP contribution >= 0.6 is 0 Å². The van der Waals surface area contributed by atoms with Gasteiger partial charge in [0.2, 0.25) is 0 Å². The maximum Gasteiger partial charge on any atom is 0.131 e. The summed E-state index contributed by atoms with van der Waals surface area (Å²) in [6, 6.07) is 0. The van der Waals surface area contributed by atoms with Gasteiger partial charge in [0.25, 0.3) is 0 Å². The molecule has 1 radical (unpaired) electrons. The third-order valence-corrected chi connectivity index (χ3v) is 2.31. The van der Waals surface area contributed by atoms with Gasteiger partial charge in [0, 0.05) is 6.42 Å². The summed E-state index contributed by atoms with van der Waals surface area (Å²) in [5.41, 5.74) is -0.488. The highest BCUT2D eigenvalue weighted by molar-refractivity contribution is 5.10. The lowest BCUT2D eigenvalue weighted by molar-refractivity contribution is -0.133. The van der Waals surface area contributed by atoms with E-state index in [-0.39, 0.29) is 0 Å². The van der Waals surface area contributed by atoms with Crippen LogP contribution < -0.4 is 0 Å². The Morgan fingerprint density at radius 3 is 2.22 bits per heavy atom. The van der Waals surface area contributed by atoms with Gasteiger partial charge in [-0.15, -0.1) is 0 Å². The van der Waals surface area contributed by atoms with Gasteiger partial charge in [-0.3, -0.25) is 0 Å². The van der Waals surface area contributed by atoms with Crippen LogP contribution in [-0.4, -0.2) is 17.3 Å². The van der Waals surface area contributed by atoms with E-state index in [0.717, 1.165) is 38.4 Å². The smallest absolute Gasteiger partial charge is 0.131 e. The predicted octanol–water partition coefficient (Wildman–Crippen LogP) is 0.854. The van der Waals surface area contributed by atoms with Gasteiger partial charge < -0.3 is 9.84 Å². The van der Waals surface area contributed by atoms with Gasteiger partial charge in [0.15, 0.2) is 0 Å². The van der Waals surface area contributed by atoms with Crippen LogP contribution in [0.3, 0.4) is 0 Å². The molecule has 1 saturated carbocycles. The Bertz CT molecular complexity index is 114. The molecule has 0 aromatic rings. The molecule has 0 bridgehead atoms. The molecule has 1 N–H and O–H groups in total. The van der Waals surface area contributed by atoms with Crippen molar-refractivity contribution in [2.45, 2.75) is 31.3 Å². The Hall–Kier alpha value is -0.0800. The van der Waals surface area contributed by atoms with Gasteiger partial charge in [-0.2, -0.15) is 0 Å². The molecule has 1 saturated heterocycles. The molecule has 0 unspecified atom stereocenters. The van der Waals surface area contributed by atoms with Crippen LogP contribution in [0.15, 0.2) is 0 Å². The lowest BCUT2D eigenvalue weighted by Gasteiger charge is -2.45. The molecule has 1 heterocycles. The molecule has 2 heteroatoms. The van der Waals surface area contributed by atoms with Crippen LogP contribution in [0.4, 0.5) is 0 Å². The van der Waals surface area contributed by atoms with Gasteiger partial charge in [-0.1, -0.05) is 0 Å². The quantitative estimate of drug-likeness (QED) is 0.566. The molecule has 51 valence electrons. The van der Waals surface area contributed by atoms with E-state index in [1.165, 1.54) is 0 Å². The van der Waals surface area contributed by atoms with Crippen LogP contribution in [-0.2, 0) is 4.74 Å². The van der Waals surface area contributed by atoms with E-state index in [4.69, 9.17) is 4.74 Å². The molecule has 0 atom stereocenters. The van der Waals surface area contributed by atoms with Crippen LogP contribution in [0.1, 0.15) is 25.7 Å². The molecule has 2 rings (SSSR count). The van der Waals surface area contributed by atoms with Gasteiger partial charge in [0.1, 0.15) is 6.10 Å². The maximum absolute atomic E-state index is 9.57. The maximum atomic E-state index is 9.57. The highest BCUT2D eigenvalue weighted by Gasteiger charge is 2.46. The van der Waals surface area contributed by atoms with E-state index in [2.05, 4.69) is 0 Å². The van der Waals surface area contributed by atoms with Gasteiger partial charge in [-0.25, -0.2) is 0 Å². The molecule has 2 aliphatic rings. The first kappa shape index (κ1) is 5.69. The minimum Gasteiger partial charge on any atom is -0.387 e. The van der Waals surface area contributed by atoms with Gasteiger partial charge in [0.05, 0.1) is 12.2 Å². The fourth-order valence-electron chi connectivity index (χ4n) is 1.36.